The van der Waals surface area contributed by atoms with Gasteiger partial charge < -0.3 is 14.6 Å². The minimum absolute atomic E-state index is 0.173. The van der Waals surface area contributed by atoms with Crippen molar-refractivity contribution in [2.24, 2.45) is 0 Å². The van der Waals surface area contributed by atoms with Crippen molar-refractivity contribution in [3.63, 3.8) is 0 Å². The Morgan fingerprint density at radius 1 is 0.429 bits per heavy atom. The topological polar surface area (TPSA) is 55.8 Å². The molecular weight excluding hydrogens is 689 g/mol. The van der Waals surface area contributed by atoms with Gasteiger partial charge in [-0.25, -0.2) is 0 Å². The predicted octanol–water partition coefficient (Wildman–Crippen LogP) is 16.8. The minimum atomic E-state index is -0.537. The fourth-order valence-electron chi connectivity index (χ4n) is 7.41. The molecule has 0 aromatic carbocycles. The van der Waals surface area contributed by atoms with E-state index in [2.05, 4.69) is 50.3 Å². The Hall–Kier alpha value is -1.39. The van der Waals surface area contributed by atoms with Gasteiger partial charge in [0.2, 0.25) is 0 Å². The summed E-state index contributed by atoms with van der Waals surface area (Å²) in [6, 6.07) is 0. The molecule has 0 amide bonds. The quantitative estimate of drug-likeness (QED) is 0.0379. The molecule has 1 unspecified atom stereocenters. The van der Waals surface area contributed by atoms with Crippen LogP contribution in [0.25, 0.3) is 0 Å². The summed E-state index contributed by atoms with van der Waals surface area (Å²) in [4.78, 5) is 12.2. The predicted molar refractivity (Wildman–Crippen MR) is 247 cm³/mol. The number of hydrogen-bond acceptors (Lipinski definition) is 4. The molecule has 0 radical (unpaired) electrons. The molecule has 56 heavy (non-hydrogen) atoms. The largest absolute Gasteiger partial charge is 0.457 e. The van der Waals surface area contributed by atoms with Crippen LogP contribution in [0.4, 0.5) is 0 Å². The highest BCUT2D eigenvalue weighted by molar-refractivity contribution is 5.69. The van der Waals surface area contributed by atoms with Crippen LogP contribution < -0.4 is 0 Å². The molecule has 0 spiro atoms. The smallest absolute Gasteiger partial charge is 0.306 e. The third-order valence-electron chi connectivity index (χ3n) is 11.2. The fraction of sp³-hybridized carbons (Fsp3) is 0.865. The maximum atomic E-state index is 12.2. The van der Waals surface area contributed by atoms with Crippen molar-refractivity contribution in [2.45, 2.75) is 270 Å². The highest BCUT2D eigenvalue weighted by Gasteiger charge is 2.13. The number of unbranched alkanes of at least 4 members (excludes halogenated alkanes) is 33. The first-order valence-corrected chi connectivity index (χ1v) is 25.1. The minimum Gasteiger partial charge on any atom is -0.457 e. The number of ether oxygens (including phenoxy) is 2. The lowest BCUT2D eigenvalue weighted by Crippen LogP contribution is -2.27. The summed E-state index contributed by atoms with van der Waals surface area (Å²) in [6.45, 7) is 5.36. The molecule has 1 N–H and O–H groups in total. The zero-order valence-electron chi connectivity index (χ0n) is 37.9. The number of carbonyl (C=O) groups excluding carboxylic acids is 1. The Labute approximate surface area is 350 Å². The Morgan fingerprint density at radius 3 is 1.14 bits per heavy atom. The van der Waals surface area contributed by atoms with Crippen molar-refractivity contribution < 1.29 is 19.4 Å². The van der Waals surface area contributed by atoms with E-state index in [0.29, 0.717) is 19.6 Å². The van der Waals surface area contributed by atoms with Crippen LogP contribution in [0.1, 0.15) is 264 Å². The van der Waals surface area contributed by atoms with Crippen LogP contribution in [0.3, 0.4) is 0 Å². The third-order valence-corrected chi connectivity index (χ3v) is 11.2. The van der Waals surface area contributed by atoms with Gasteiger partial charge >= 0.3 is 5.97 Å². The first-order chi connectivity index (χ1) is 27.7. The third kappa shape index (κ3) is 47.0. The molecule has 0 heterocycles. The van der Waals surface area contributed by atoms with E-state index in [1.807, 2.05) is 0 Å². The zero-order chi connectivity index (χ0) is 40.5. The first-order valence-electron chi connectivity index (χ1n) is 25.1. The van der Waals surface area contributed by atoms with E-state index in [4.69, 9.17) is 9.47 Å². The summed E-state index contributed by atoms with van der Waals surface area (Å²) in [6.07, 6.45) is 63.8. The number of aliphatic hydroxyl groups excluding tert-OH is 1. The van der Waals surface area contributed by atoms with Crippen LogP contribution in [0.5, 0.6) is 0 Å². The Kier molecular flexibility index (Phi) is 48.5. The second-order valence-corrected chi connectivity index (χ2v) is 16.9. The molecule has 0 fully saturated rings. The first kappa shape index (κ1) is 54.6. The van der Waals surface area contributed by atoms with Gasteiger partial charge in [-0.2, -0.15) is 0 Å². The second-order valence-electron chi connectivity index (χ2n) is 16.9. The van der Waals surface area contributed by atoms with Crippen LogP contribution in [0.2, 0.25) is 0 Å². The van der Waals surface area contributed by atoms with Crippen LogP contribution >= 0.6 is 0 Å². The summed E-state index contributed by atoms with van der Waals surface area (Å²) in [5.74, 6) is -0.205. The number of allylic oxidation sites excluding steroid dienone is 6. The van der Waals surface area contributed by atoms with E-state index in [1.165, 1.54) is 218 Å². The maximum absolute atomic E-state index is 12.2. The van der Waals surface area contributed by atoms with E-state index < -0.39 is 6.10 Å². The second kappa shape index (κ2) is 49.8. The lowest BCUT2D eigenvalue weighted by molar-refractivity contribution is -0.154. The van der Waals surface area contributed by atoms with Crippen LogP contribution in [0, 0.1) is 0 Å². The van der Waals surface area contributed by atoms with E-state index in [9.17, 15) is 9.90 Å². The van der Waals surface area contributed by atoms with Gasteiger partial charge in [-0.3, -0.25) is 4.79 Å². The SMILES string of the molecule is CCCCCC/C=C\C/C=C\CCCCCCCCCC(=O)OC(CO)COCCCCCCCCCCCCCCCC/C=C\CCCCCCCCCC. The van der Waals surface area contributed by atoms with Gasteiger partial charge in [-0.15, -0.1) is 0 Å². The van der Waals surface area contributed by atoms with Gasteiger partial charge in [0.1, 0.15) is 6.10 Å². The number of aliphatic hydroxyl groups is 1. The molecule has 1 atom stereocenters. The fourth-order valence-corrected chi connectivity index (χ4v) is 7.41. The van der Waals surface area contributed by atoms with Crippen molar-refractivity contribution in [3.8, 4) is 0 Å². The van der Waals surface area contributed by atoms with Crippen molar-refractivity contribution in [1.29, 1.82) is 0 Å². The molecule has 4 nitrogen and oxygen atoms in total. The van der Waals surface area contributed by atoms with Crippen molar-refractivity contribution in [3.05, 3.63) is 36.5 Å². The molecule has 0 bridgehead atoms. The Morgan fingerprint density at radius 2 is 0.750 bits per heavy atom. The Balaban J connectivity index is 3.38. The van der Waals surface area contributed by atoms with Crippen LogP contribution in [-0.2, 0) is 14.3 Å². The normalized spacial score (nSPS) is 12.6. The standard InChI is InChI=1S/C52H98O4/c1-3-5-7-9-11-13-15-17-19-21-23-24-25-26-27-28-29-30-32-34-36-38-40-42-44-46-48-55-50-51(49-53)56-52(54)47-45-43-41-39-37-35-33-31-22-20-18-16-14-12-10-8-6-4-2/h14,16,20-23,51,53H,3-13,15,17-19,24-50H2,1-2H3/b16-14-,22-20-,23-21-. The molecule has 0 saturated heterocycles. The number of rotatable bonds is 47. The van der Waals surface area contributed by atoms with E-state index in [0.717, 1.165) is 25.7 Å². The van der Waals surface area contributed by atoms with E-state index in [-0.39, 0.29) is 12.6 Å². The molecule has 0 aromatic heterocycles. The number of carbonyl (C=O) groups is 1. The molecular formula is C52H98O4. The summed E-state index contributed by atoms with van der Waals surface area (Å²) in [5.41, 5.74) is 0. The molecule has 0 rings (SSSR count). The molecule has 0 aliphatic carbocycles. The molecule has 0 aliphatic rings. The zero-order valence-corrected chi connectivity index (χ0v) is 37.9. The summed E-state index contributed by atoms with van der Waals surface area (Å²) >= 11 is 0. The van der Waals surface area contributed by atoms with E-state index >= 15 is 0 Å². The molecule has 4 heteroatoms. The van der Waals surface area contributed by atoms with Crippen LogP contribution in [0.15, 0.2) is 36.5 Å². The molecule has 330 valence electrons. The molecule has 0 aliphatic heterocycles. The highest BCUT2D eigenvalue weighted by atomic mass is 16.6. The van der Waals surface area contributed by atoms with Crippen molar-refractivity contribution in [2.75, 3.05) is 19.8 Å². The molecule has 0 aromatic rings. The number of hydrogen-bond donors (Lipinski definition) is 1. The summed E-state index contributed by atoms with van der Waals surface area (Å²) < 4.78 is 11.2. The van der Waals surface area contributed by atoms with Gasteiger partial charge in [0.15, 0.2) is 0 Å². The maximum Gasteiger partial charge on any atom is 0.306 e. The van der Waals surface area contributed by atoms with E-state index in [1.54, 1.807) is 0 Å². The van der Waals surface area contributed by atoms with Gasteiger partial charge in [0.05, 0.1) is 13.2 Å². The highest BCUT2D eigenvalue weighted by Crippen LogP contribution is 2.15. The van der Waals surface area contributed by atoms with Gasteiger partial charge in [-0.1, -0.05) is 224 Å². The average Bonchev–Trinajstić information content (AvgIpc) is 3.20. The Bertz CT molecular complexity index is 833. The molecule has 0 saturated carbocycles. The number of esters is 1. The lowest BCUT2D eigenvalue weighted by Gasteiger charge is -2.16. The van der Waals surface area contributed by atoms with Gasteiger partial charge in [-0.05, 0) is 70.6 Å². The lowest BCUT2D eigenvalue weighted by atomic mass is 10.0. The monoisotopic (exact) mass is 787 g/mol. The van der Waals surface area contributed by atoms with Gasteiger partial charge in [0, 0.05) is 13.0 Å². The summed E-state index contributed by atoms with van der Waals surface area (Å²) in [5, 5.41) is 9.64. The van der Waals surface area contributed by atoms with Crippen LogP contribution in [-0.4, -0.2) is 37.0 Å². The van der Waals surface area contributed by atoms with Crippen molar-refractivity contribution >= 4 is 5.97 Å². The van der Waals surface area contributed by atoms with Gasteiger partial charge in [0.25, 0.3) is 0 Å². The summed E-state index contributed by atoms with van der Waals surface area (Å²) in [7, 11) is 0. The van der Waals surface area contributed by atoms with Crippen molar-refractivity contribution in [1.82, 2.24) is 0 Å². The average molecular weight is 787 g/mol.